The fraction of sp³-hybridized carbons (Fsp3) is 0.200. The Bertz CT molecular complexity index is 654. The molecule has 3 N–H and O–H groups in total. The van der Waals surface area contributed by atoms with Crippen molar-refractivity contribution in [3.63, 3.8) is 0 Å². The Morgan fingerprint density at radius 1 is 1.25 bits per heavy atom. The summed E-state index contributed by atoms with van der Waals surface area (Å²) in [6.07, 6.45) is 0. The lowest BCUT2D eigenvalue weighted by Gasteiger charge is -2.11. The molecule has 0 aliphatic rings. The highest BCUT2D eigenvalue weighted by Gasteiger charge is 2.12. The summed E-state index contributed by atoms with van der Waals surface area (Å²) in [6, 6.07) is 8.67. The first kappa shape index (κ1) is 13.9. The van der Waals surface area contributed by atoms with Gasteiger partial charge in [0, 0.05) is 11.8 Å². The van der Waals surface area contributed by atoms with Crippen LogP contribution in [0.1, 0.15) is 21.7 Å². The van der Waals surface area contributed by atoms with E-state index in [9.17, 15) is 4.79 Å². The highest BCUT2D eigenvalue weighted by atomic mass is 16.5. The van der Waals surface area contributed by atoms with Crippen LogP contribution >= 0.6 is 0 Å². The minimum absolute atomic E-state index is 0.241. The monoisotopic (exact) mass is 271 g/mol. The molecule has 1 heterocycles. The first-order chi connectivity index (χ1) is 9.51. The topological polar surface area (TPSA) is 77.2 Å². The van der Waals surface area contributed by atoms with Gasteiger partial charge in [-0.05, 0) is 38.1 Å². The molecule has 104 valence electrons. The number of aryl methyl sites for hydroxylation is 2. The smallest absolute Gasteiger partial charge is 0.257 e. The molecule has 1 aromatic heterocycles. The summed E-state index contributed by atoms with van der Waals surface area (Å²) in [5.74, 6) is 0.392. The molecule has 0 spiro atoms. The number of carbonyl (C=O) groups is 1. The van der Waals surface area contributed by atoms with Crippen molar-refractivity contribution in [2.24, 2.45) is 0 Å². The van der Waals surface area contributed by atoms with Crippen molar-refractivity contribution >= 4 is 17.3 Å². The van der Waals surface area contributed by atoms with Crippen molar-refractivity contribution in [1.82, 2.24) is 4.98 Å². The number of nitrogen functional groups attached to an aromatic ring is 1. The maximum Gasteiger partial charge on any atom is 0.257 e. The zero-order valence-electron chi connectivity index (χ0n) is 11.7. The SMILES string of the molecule is COc1ccc(N)c(NC(=O)c2ccc(C)nc2C)c1. The second-order valence-corrected chi connectivity index (χ2v) is 4.49. The van der Waals surface area contributed by atoms with Gasteiger partial charge < -0.3 is 15.8 Å². The molecule has 1 aromatic carbocycles. The van der Waals surface area contributed by atoms with E-state index in [0.717, 1.165) is 5.69 Å². The normalized spacial score (nSPS) is 10.2. The number of rotatable bonds is 3. The van der Waals surface area contributed by atoms with Crippen molar-refractivity contribution < 1.29 is 9.53 Å². The Hall–Kier alpha value is -2.56. The molecule has 0 bridgehead atoms. The molecule has 0 saturated carbocycles. The fourth-order valence-corrected chi connectivity index (χ4v) is 1.89. The first-order valence-electron chi connectivity index (χ1n) is 6.20. The fourth-order valence-electron chi connectivity index (χ4n) is 1.89. The third-order valence-corrected chi connectivity index (χ3v) is 2.98. The van der Waals surface area contributed by atoms with Gasteiger partial charge in [0.2, 0.25) is 0 Å². The van der Waals surface area contributed by atoms with E-state index in [0.29, 0.717) is 28.4 Å². The average molecular weight is 271 g/mol. The molecule has 2 aromatic rings. The molecule has 2 rings (SSSR count). The van der Waals surface area contributed by atoms with Crippen LogP contribution < -0.4 is 15.8 Å². The lowest BCUT2D eigenvalue weighted by Crippen LogP contribution is -2.15. The van der Waals surface area contributed by atoms with Gasteiger partial charge in [0.05, 0.1) is 29.7 Å². The van der Waals surface area contributed by atoms with Gasteiger partial charge in [0.1, 0.15) is 5.75 Å². The van der Waals surface area contributed by atoms with E-state index in [4.69, 9.17) is 10.5 Å². The Labute approximate surface area is 117 Å². The van der Waals surface area contributed by atoms with Crippen molar-refractivity contribution in [1.29, 1.82) is 0 Å². The van der Waals surface area contributed by atoms with E-state index in [1.165, 1.54) is 0 Å². The lowest BCUT2D eigenvalue weighted by molar-refractivity contribution is 0.102. The molecule has 5 nitrogen and oxygen atoms in total. The third-order valence-electron chi connectivity index (χ3n) is 2.98. The summed E-state index contributed by atoms with van der Waals surface area (Å²) >= 11 is 0. The van der Waals surface area contributed by atoms with Crippen LogP contribution in [0.3, 0.4) is 0 Å². The number of carbonyl (C=O) groups excluding carboxylic acids is 1. The van der Waals surface area contributed by atoms with Gasteiger partial charge >= 0.3 is 0 Å². The van der Waals surface area contributed by atoms with Crippen LogP contribution in [-0.2, 0) is 0 Å². The number of anilines is 2. The van der Waals surface area contributed by atoms with Crippen molar-refractivity contribution in [2.45, 2.75) is 13.8 Å². The third kappa shape index (κ3) is 2.88. The molecule has 0 atom stereocenters. The summed E-state index contributed by atoms with van der Waals surface area (Å²) in [5, 5.41) is 2.78. The van der Waals surface area contributed by atoms with Crippen LogP contribution in [0.15, 0.2) is 30.3 Å². The minimum Gasteiger partial charge on any atom is -0.497 e. The molecule has 5 heteroatoms. The number of ether oxygens (including phenoxy) is 1. The zero-order chi connectivity index (χ0) is 14.7. The predicted octanol–water partition coefficient (Wildman–Crippen LogP) is 2.54. The number of benzene rings is 1. The summed E-state index contributed by atoms with van der Waals surface area (Å²) in [7, 11) is 1.56. The van der Waals surface area contributed by atoms with Crippen molar-refractivity contribution in [3.05, 3.63) is 47.3 Å². The van der Waals surface area contributed by atoms with E-state index >= 15 is 0 Å². The molecule has 1 amide bonds. The Morgan fingerprint density at radius 2 is 2.00 bits per heavy atom. The maximum absolute atomic E-state index is 12.3. The highest BCUT2D eigenvalue weighted by molar-refractivity contribution is 6.06. The summed E-state index contributed by atoms with van der Waals surface area (Å²) < 4.78 is 5.12. The summed E-state index contributed by atoms with van der Waals surface area (Å²) in [4.78, 5) is 16.5. The van der Waals surface area contributed by atoms with E-state index in [1.54, 1.807) is 44.4 Å². The quantitative estimate of drug-likeness (QED) is 0.841. The van der Waals surface area contributed by atoms with Gasteiger partial charge in [-0.25, -0.2) is 0 Å². The Kier molecular flexibility index (Phi) is 3.89. The van der Waals surface area contributed by atoms with Gasteiger partial charge in [0.15, 0.2) is 0 Å². The van der Waals surface area contributed by atoms with Crippen LogP contribution in [0.2, 0.25) is 0 Å². The molecule has 0 fully saturated rings. The van der Waals surface area contributed by atoms with Crippen LogP contribution in [0.4, 0.5) is 11.4 Å². The number of hydrogen-bond acceptors (Lipinski definition) is 4. The van der Waals surface area contributed by atoms with Crippen molar-refractivity contribution in [2.75, 3.05) is 18.2 Å². The van der Waals surface area contributed by atoms with E-state index in [1.807, 2.05) is 6.92 Å². The van der Waals surface area contributed by atoms with E-state index in [2.05, 4.69) is 10.3 Å². The maximum atomic E-state index is 12.3. The second kappa shape index (κ2) is 5.61. The minimum atomic E-state index is -0.241. The Morgan fingerprint density at radius 3 is 2.65 bits per heavy atom. The van der Waals surface area contributed by atoms with Crippen LogP contribution in [0.25, 0.3) is 0 Å². The van der Waals surface area contributed by atoms with Gasteiger partial charge in [0.25, 0.3) is 5.91 Å². The van der Waals surface area contributed by atoms with Crippen LogP contribution in [-0.4, -0.2) is 18.0 Å². The molecular weight excluding hydrogens is 254 g/mol. The van der Waals surface area contributed by atoms with Crippen molar-refractivity contribution in [3.8, 4) is 5.75 Å². The van der Waals surface area contributed by atoms with Gasteiger partial charge in [-0.2, -0.15) is 0 Å². The Balaban J connectivity index is 2.27. The number of hydrogen-bond donors (Lipinski definition) is 2. The number of nitrogens with two attached hydrogens (primary N) is 1. The summed E-state index contributed by atoms with van der Waals surface area (Å²) in [6.45, 7) is 3.69. The number of methoxy groups -OCH3 is 1. The van der Waals surface area contributed by atoms with Gasteiger partial charge in [-0.15, -0.1) is 0 Å². The number of amides is 1. The van der Waals surface area contributed by atoms with E-state index in [-0.39, 0.29) is 5.91 Å². The predicted molar refractivity (Wildman–Crippen MR) is 79.1 cm³/mol. The standard InChI is InChI=1S/C15H17N3O2/c1-9-4-6-12(10(2)17-9)15(19)18-14-8-11(20-3)5-7-13(14)16/h4-8H,16H2,1-3H3,(H,18,19). The number of nitrogens with one attached hydrogen (secondary N) is 1. The molecule has 0 aliphatic heterocycles. The van der Waals surface area contributed by atoms with Crippen LogP contribution in [0, 0.1) is 13.8 Å². The molecule has 0 aliphatic carbocycles. The van der Waals surface area contributed by atoms with Crippen LogP contribution in [0.5, 0.6) is 5.75 Å². The average Bonchev–Trinajstić information content (AvgIpc) is 2.41. The largest absolute Gasteiger partial charge is 0.497 e. The van der Waals surface area contributed by atoms with E-state index < -0.39 is 0 Å². The first-order valence-corrected chi connectivity index (χ1v) is 6.20. The second-order valence-electron chi connectivity index (χ2n) is 4.49. The van der Waals surface area contributed by atoms with Gasteiger partial charge in [-0.3, -0.25) is 9.78 Å². The highest BCUT2D eigenvalue weighted by Crippen LogP contribution is 2.25. The lowest BCUT2D eigenvalue weighted by atomic mass is 10.1. The molecular formula is C15H17N3O2. The molecule has 0 radical (unpaired) electrons. The molecule has 20 heavy (non-hydrogen) atoms. The van der Waals surface area contributed by atoms with Gasteiger partial charge in [-0.1, -0.05) is 0 Å². The number of aromatic nitrogens is 1. The molecule has 0 unspecified atom stereocenters. The number of pyridine rings is 1. The summed E-state index contributed by atoms with van der Waals surface area (Å²) in [5.41, 5.74) is 8.94. The molecule has 0 saturated heterocycles. The zero-order valence-corrected chi connectivity index (χ0v) is 11.7. The number of nitrogens with zero attached hydrogens (tertiary/aromatic N) is 1.